The number of pyridine rings is 1. The minimum atomic E-state index is -0.744. The van der Waals surface area contributed by atoms with Crippen LogP contribution < -0.4 is 16.0 Å². The summed E-state index contributed by atoms with van der Waals surface area (Å²) in [6.45, 7) is 4.99. The van der Waals surface area contributed by atoms with Crippen molar-refractivity contribution in [2.75, 3.05) is 23.8 Å². The molecule has 1 spiro atoms. The van der Waals surface area contributed by atoms with Crippen LogP contribution in [0.5, 0.6) is 0 Å². The summed E-state index contributed by atoms with van der Waals surface area (Å²) < 4.78 is 10.5. The standard InChI is InChI=1S/C25H31N5O5/c1-14-3-5-16(6-4-14)20(30-23(32)21-15(2)12-27-35-21)22(31)29-19-11-18-17(13-26-19)25(24(33)28-18)7-9-34-10-8-25/h11-14,16,20H,3-10H2,1-2H3,(H,28,33)(H,30,32)(H,26,29,31)/t14?,16?,20-/m0/s1. The first-order chi connectivity index (χ1) is 16.9. The molecule has 0 aromatic carbocycles. The van der Waals surface area contributed by atoms with Crippen molar-refractivity contribution in [1.82, 2.24) is 15.5 Å². The molecule has 0 radical (unpaired) electrons. The molecule has 1 saturated carbocycles. The van der Waals surface area contributed by atoms with E-state index in [0.717, 1.165) is 31.2 Å². The van der Waals surface area contributed by atoms with Gasteiger partial charge in [0.1, 0.15) is 11.9 Å². The van der Waals surface area contributed by atoms with Crippen LogP contribution in [0.1, 0.15) is 67.1 Å². The molecule has 10 heteroatoms. The number of nitrogens with zero attached hydrogens (tertiary/aromatic N) is 2. The Morgan fingerprint density at radius 1 is 1.17 bits per heavy atom. The normalized spacial score (nSPS) is 23.9. The molecule has 5 rings (SSSR count). The number of fused-ring (bicyclic) bond motifs is 2. The third kappa shape index (κ3) is 4.42. The summed E-state index contributed by atoms with van der Waals surface area (Å²) in [5.74, 6) is 0.177. The van der Waals surface area contributed by atoms with Crippen LogP contribution in [0, 0.1) is 18.8 Å². The zero-order valence-corrected chi connectivity index (χ0v) is 20.1. The van der Waals surface area contributed by atoms with Crippen LogP contribution in [0.2, 0.25) is 0 Å². The summed E-state index contributed by atoms with van der Waals surface area (Å²) in [6.07, 6.45) is 8.03. The van der Waals surface area contributed by atoms with E-state index in [-0.39, 0.29) is 23.5 Å². The first kappa shape index (κ1) is 23.5. The van der Waals surface area contributed by atoms with E-state index in [9.17, 15) is 14.4 Å². The van der Waals surface area contributed by atoms with E-state index in [2.05, 4.69) is 33.0 Å². The topological polar surface area (TPSA) is 135 Å². The summed E-state index contributed by atoms with van der Waals surface area (Å²) in [5.41, 5.74) is 1.49. The molecule has 1 saturated heterocycles. The lowest BCUT2D eigenvalue weighted by atomic mass is 9.76. The molecular weight excluding hydrogens is 450 g/mol. The molecule has 1 aliphatic carbocycles. The Morgan fingerprint density at radius 2 is 1.91 bits per heavy atom. The maximum atomic E-state index is 13.4. The van der Waals surface area contributed by atoms with Gasteiger partial charge in [-0.2, -0.15) is 0 Å². The number of carbonyl (C=O) groups excluding carboxylic acids is 3. The van der Waals surface area contributed by atoms with E-state index in [1.54, 1.807) is 19.2 Å². The Hall–Kier alpha value is -3.27. The smallest absolute Gasteiger partial charge is 0.290 e. The van der Waals surface area contributed by atoms with Gasteiger partial charge in [0.05, 0.1) is 17.3 Å². The van der Waals surface area contributed by atoms with Crippen molar-refractivity contribution in [1.29, 1.82) is 0 Å². The van der Waals surface area contributed by atoms with E-state index >= 15 is 0 Å². The number of ether oxygens (including phenoxy) is 1. The maximum absolute atomic E-state index is 13.4. The van der Waals surface area contributed by atoms with Gasteiger partial charge >= 0.3 is 0 Å². The Labute approximate surface area is 203 Å². The van der Waals surface area contributed by atoms with Gasteiger partial charge in [0.15, 0.2) is 0 Å². The predicted molar refractivity (Wildman–Crippen MR) is 127 cm³/mol. The van der Waals surface area contributed by atoms with Crippen LogP contribution in [0.3, 0.4) is 0 Å². The van der Waals surface area contributed by atoms with E-state index < -0.39 is 17.4 Å². The molecule has 35 heavy (non-hydrogen) atoms. The number of rotatable bonds is 5. The summed E-state index contributed by atoms with van der Waals surface area (Å²) >= 11 is 0. The second-order valence-electron chi connectivity index (χ2n) is 10.1. The number of amides is 3. The van der Waals surface area contributed by atoms with Crippen molar-refractivity contribution >= 4 is 29.2 Å². The summed E-state index contributed by atoms with van der Waals surface area (Å²) in [6, 6.07) is 0.948. The molecule has 186 valence electrons. The molecule has 3 N–H and O–H groups in total. The maximum Gasteiger partial charge on any atom is 0.290 e. The van der Waals surface area contributed by atoms with Gasteiger partial charge < -0.3 is 25.2 Å². The number of carbonyl (C=O) groups is 3. The minimum Gasteiger partial charge on any atom is -0.381 e. The van der Waals surface area contributed by atoms with Gasteiger partial charge in [-0.25, -0.2) is 4.98 Å². The van der Waals surface area contributed by atoms with Crippen LogP contribution in [0.15, 0.2) is 23.0 Å². The lowest BCUT2D eigenvalue weighted by Gasteiger charge is -2.32. The molecule has 2 aromatic heterocycles. The van der Waals surface area contributed by atoms with Gasteiger partial charge in [-0.15, -0.1) is 0 Å². The van der Waals surface area contributed by atoms with Crippen LogP contribution >= 0.6 is 0 Å². The third-order valence-corrected chi connectivity index (χ3v) is 7.76. The van der Waals surface area contributed by atoms with Gasteiger partial charge in [-0.3, -0.25) is 14.4 Å². The largest absolute Gasteiger partial charge is 0.381 e. The van der Waals surface area contributed by atoms with Crippen LogP contribution in [0.25, 0.3) is 0 Å². The Morgan fingerprint density at radius 3 is 2.60 bits per heavy atom. The average Bonchev–Trinajstić information content (AvgIpc) is 3.39. The molecule has 2 fully saturated rings. The molecule has 3 aliphatic rings. The van der Waals surface area contributed by atoms with E-state index in [1.165, 1.54) is 6.20 Å². The molecule has 0 unspecified atom stereocenters. The number of hydrogen-bond acceptors (Lipinski definition) is 7. The van der Waals surface area contributed by atoms with Crippen molar-refractivity contribution < 1.29 is 23.6 Å². The fourth-order valence-electron chi connectivity index (χ4n) is 5.53. The fraction of sp³-hybridized carbons (Fsp3) is 0.560. The second kappa shape index (κ2) is 9.41. The fourth-order valence-corrected chi connectivity index (χ4v) is 5.53. The molecule has 3 amide bonds. The van der Waals surface area contributed by atoms with Crippen LogP contribution in [0.4, 0.5) is 11.5 Å². The molecule has 1 atom stereocenters. The third-order valence-electron chi connectivity index (χ3n) is 7.76. The van der Waals surface area contributed by atoms with Gasteiger partial charge in [0.25, 0.3) is 5.91 Å². The highest BCUT2D eigenvalue weighted by molar-refractivity contribution is 6.07. The van der Waals surface area contributed by atoms with Crippen LogP contribution in [-0.4, -0.2) is 47.1 Å². The monoisotopic (exact) mass is 481 g/mol. The lowest BCUT2D eigenvalue weighted by Crippen LogP contribution is -2.49. The number of aryl methyl sites for hydroxylation is 1. The zero-order chi connectivity index (χ0) is 24.6. The minimum absolute atomic E-state index is 0.00184. The van der Waals surface area contributed by atoms with E-state index in [4.69, 9.17) is 9.26 Å². The first-order valence-electron chi connectivity index (χ1n) is 12.3. The highest BCUT2D eigenvalue weighted by Gasteiger charge is 2.48. The van der Waals surface area contributed by atoms with Crippen molar-refractivity contribution in [3.05, 3.63) is 35.3 Å². The van der Waals surface area contributed by atoms with E-state index in [1.807, 2.05) is 0 Å². The highest BCUT2D eigenvalue weighted by atomic mass is 16.5. The highest BCUT2D eigenvalue weighted by Crippen LogP contribution is 2.44. The summed E-state index contributed by atoms with van der Waals surface area (Å²) in [5, 5.41) is 12.4. The van der Waals surface area contributed by atoms with E-state index in [0.29, 0.717) is 49.0 Å². The number of nitrogens with one attached hydrogen (secondary N) is 3. The number of anilines is 2. The Bertz CT molecular complexity index is 1130. The SMILES string of the molecule is Cc1cnoc1C(=O)N[C@H](C(=O)Nc1cc2c(cn1)C1(CCOCC1)C(=O)N2)C1CCC(C)CC1. The number of hydrogen-bond donors (Lipinski definition) is 3. The molecular formula is C25H31N5O5. The number of aromatic nitrogens is 2. The first-order valence-corrected chi connectivity index (χ1v) is 12.3. The van der Waals surface area contributed by atoms with Crippen molar-refractivity contribution in [2.45, 2.75) is 63.8 Å². The summed E-state index contributed by atoms with van der Waals surface area (Å²) in [4.78, 5) is 43.5. The molecule has 4 heterocycles. The molecule has 2 aromatic rings. The summed E-state index contributed by atoms with van der Waals surface area (Å²) in [7, 11) is 0. The van der Waals surface area contributed by atoms with Crippen molar-refractivity contribution in [3.8, 4) is 0 Å². The van der Waals surface area contributed by atoms with Gasteiger partial charge in [-0.1, -0.05) is 24.9 Å². The molecule has 10 nitrogen and oxygen atoms in total. The Balaban J connectivity index is 1.35. The predicted octanol–water partition coefficient (Wildman–Crippen LogP) is 2.94. The zero-order valence-electron chi connectivity index (χ0n) is 20.1. The van der Waals surface area contributed by atoms with Crippen molar-refractivity contribution in [3.63, 3.8) is 0 Å². The average molecular weight is 482 g/mol. The van der Waals surface area contributed by atoms with Gasteiger partial charge in [0, 0.05) is 36.6 Å². The Kier molecular flexibility index (Phi) is 6.31. The quantitative estimate of drug-likeness (QED) is 0.597. The second-order valence-corrected chi connectivity index (χ2v) is 10.1. The van der Waals surface area contributed by atoms with Crippen LogP contribution in [-0.2, 0) is 19.7 Å². The molecule has 2 aliphatic heterocycles. The van der Waals surface area contributed by atoms with Gasteiger partial charge in [-0.05, 0) is 44.4 Å². The van der Waals surface area contributed by atoms with Gasteiger partial charge in [0.2, 0.25) is 17.6 Å². The lowest BCUT2D eigenvalue weighted by molar-refractivity contribution is -0.124. The molecule has 0 bridgehead atoms. The van der Waals surface area contributed by atoms with Crippen molar-refractivity contribution in [2.24, 2.45) is 11.8 Å².